The standard InChI is InChI=1S/C14H19N3O2S/c1-4-15-14(2,12(18)19-3)9-20-13-16-10-7-5-6-8-11(10)17-13/h5-8,15H,4,9H2,1-3H3,(H,16,17). The van der Waals surface area contributed by atoms with Crippen LogP contribution in [0.25, 0.3) is 11.0 Å². The van der Waals surface area contributed by atoms with Crippen molar-refractivity contribution in [1.29, 1.82) is 0 Å². The van der Waals surface area contributed by atoms with Crippen molar-refractivity contribution in [1.82, 2.24) is 15.3 Å². The molecule has 0 aliphatic rings. The summed E-state index contributed by atoms with van der Waals surface area (Å²) in [5.41, 5.74) is 1.21. The first-order valence-corrected chi connectivity index (χ1v) is 7.48. The summed E-state index contributed by atoms with van der Waals surface area (Å²) in [4.78, 5) is 19.6. The minimum Gasteiger partial charge on any atom is -0.468 e. The SMILES string of the molecule is CCNC(C)(CSc1nc2ccccc2[nH]1)C(=O)OC. The first-order valence-electron chi connectivity index (χ1n) is 6.50. The number of nitrogens with zero attached hydrogens (tertiary/aromatic N) is 1. The summed E-state index contributed by atoms with van der Waals surface area (Å²) < 4.78 is 4.87. The predicted octanol–water partition coefficient (Wildman–Crippen LogP) is 2.20. The number of fused-ring (bicyclic) bond motifs is 1. The molecule has 0 amide bonds. The Bertz CT molecular complexity index is 566. The van der Waals surface area contributed by atoms with Crippen molar-refractivity contribution in [3.05, 3.63) is 24.3 Å². The number of carbonyl (C=O) groups is 1. The second-order valence-electron chi connectivity index (χ2n) is 4.70. The molecule has 20 heavy (non-hydrogen) atoms. The molecule has 1 atom stereocenters. The smallest absolute Gasteiger partial charge is 0.326 e. The van der Waals surface area contributed by atoms with E-state index in [-0.39, 0.29) is 5.97 Å². The van der Waals surface area contributed by atoms with Crippen molar-refractivity contribution in [2.45, 2.75) is 24.5 Å². The molecular formula is C14H19N3O2S. The van der Waals surface area contributed by atoms with Gasteiger partial charge in [-0.25, -0.2) is 4.98 Å². The molecular weight excluding hydrogens is 274 g/mol. The van der Waals surface area contributed by atoms with Gasteiger partial charge in [-0.3, -0.25) is 4.79 Å². The van der Waals surface area contributed by atoms with Gasteiger partial charge in [-0.05, 0) is 25.6 Å². The highest BCUT2D eigenvalue weighted by atomic mass is 32.2. The average Bonchev–Trinajstić information content (AvgIpc) is 2.87. The number of aromatic nitrogens is 2. The number of methoxy groups -OCH3 is 1. The fourth-order valence-electron chi connectivity index (χ4n) is 2.01. The normalized spacial score (nSPS) is 14.2. The summed E-state index contributed by atoms with van der Waals surface area (Å²) in [6.07, 6.45) is 0. The van der Waals surface area contributed by atoms with E-state index in [1.165, 1.54) is 18.9 Å². The molecule has 1 aromatic heterocycles. The molecule has 0 spiro atoms. The third kappa shape index (κ3) is 3.13. The van der Waals surface area contributed by atoms with Crippen LogP contribution in [-0.2, 0) is 9.53 Å². The molecule has 0 saturated carbocycles. The summed E-state index contributed by atoms with van der Waals surface area (Å²) >= 11 is 1.51. The molecule has 0 fully saturated rings. The van der Waals surface area contributed by atoms with E-state index in [1.54, 1.807) is 0 Å². The van der Waals surface area contributed by atoms with Crippen molar-refractivity contribution in [3.8, 4) is 0 Å². The zero-order chi connectivity index (χ0) is 14.6. The van der Waals surface area contributed by atoms with E-state index < -0.39 is 5.54 Å². The van der Waals surface area contributed by atoms with Crippen LogP contribution < -0.4 is 5.32 Å². The van der Waals surface area contributed by atoms with Gasteiger partial charge >= 0.3 is 5.97 Å². The Morgan fingerprint density at radius 2 is 2.25 bits per heavy atom. The lowest BCUT2D eigenvalue weighted by molar-refractivity contribution is -0.146. The summed E-state index contributed by atoms with van der Waals surface area (Å²) in [6.45, 7) is 4.51. The van der Waals surface area contributed by atoms with Gasteiger partial charge in [-0.1, -0.05) is 30.8 Å². The van der Waals surface area contributed by atoms with Crippen molar-refractivity contribution in [3.63, 3.8) is 0 Å². The number of hydrogen-bond donors (Lipinski definition) is 2. The van der Waals surface area contributed by atoms with Gasteiger partial charge in [-0.2, -0.15) is 0 Å². The van der Waals surface area contributed by atoms with Crippen molar-refractivity contribution >= 4 is 28.8 Å². The largest absolute Gasteiger partial charge is 0.468 e. The molecule has 0 aliphatic carbocycles. The Morgan fingerprint density at radius 3 is 2.90 bits per heavy atom. The second-order valence-corrected chi connectivity index (χ2v) is 5.67. The number of hydrogen-bond acceptors (Lipinski definition) is 5. The quantitative estimate of drug-likeness (QED) is 0.631. The molecule has 2 aromatic rings. The van der Waals surface area contributed by atoms with Gasteiger partial charge in [0.1, 0.15) is 5.54 Å². The number of H-pyrrole nitrogens is 1. The van der Waals surface area contributed by atoms with E-state index in [0.717, 1.165) is 16.2 Å². The van der Waals surface area contributed by atoms with Crippen LogP contribution in [0.4, 0.5) is 0 Å². The highest BCUT2D eigenvalue weighted by molar-refractivity contribution is 7.99. The monoisotopic (exact) mass is 293 g/mol. The van der Waals surface area contributed by atoms with Gasteiger partial charge in [0, 0.05) is 5.75 Å². The van der Waals surface area contributed by atoms with Gasteiger partial charge < -0.3 is 15.0 Å². The van der Waals surface area contributed by atoms with Gasteiger partial charge in [0.15, 0.2) is 5.16 Å². The zero-order valence-electron chi connectivity index (χ0n) is 11.9. The van der Waals surface area contributed by atoms with E-state index >= 15 is 0 Å². The van der Waals surface area contributed by atoms with Crippen molar-refractivity contribution < 1.29 is 9.53 Å². The van der Waals surface area contributed by atoms with Crippen LogP contribution in [0.15, 0.2) is 29.4 Å². The van der Waals surface area contributed by atoms with Gasteiger partial charge in [0.05, 0.1) is 18.1 Å². The molecule has 2 N–H and O–H groups in total. The van der Waals surface area contributed by atoms with Crippen LogP contribution in [0, 0.1) is 0 Å². The number of likely N-dealkylation sites (N-methyl/N-ethyl adjacent to an activating group) is 1. The van der Waals surface area contributed by atoms with Gasteiger partial charge in [-0.15, -0.1) is 0 Å². The van der Waals surface area contributed by atoms with Crippen molar-refractivity contribution in [2.24, 2.45) is 0 Å². The number of benzene rings is 1. The molecule has 1 heterocycles. The highest BCUT2D eigenvalue weighted by Gasteiger charge is 2.33. The van der Waals surface area contributed by atoms with Crippen LogP contribution in [0.5, 0.6) is 0 Å². The minimum atomic E-state index is -0.715. The lowest BCUT2D eigenvalue weighted by Gasteiger charge is -2.26. The fourth-order valence-corrected chi connectivity index (χ4v) is 3.00. The number of esters is 1. The van der Waals surface area contributed by atoms with E-state index in [2.05, 4.69) is 15.3 Å². The van der Waals surface area contributed by atoms with Crippen LogP contribution in [0.3, 0.4) is 0 Å². The maximum atomic E-state index is 11.9. The number of ether oxygens (including phenoxy) is 1. The molecule has 1 unspecified atom stereocenters. The zero-order valence-corrected chi connectivity index (χ0v) is 12.7. The number of para-hydroxylation sites is 2. The van der Waals surface area contributed by atoms with E-state index in [4.69, 9.17) is 4.74 Å². The minimum absolute atomic E-state index is 0.261. The second kappa shape index (κ2) is 6.28. The molecule has 2 rings (SSSR count). The number of aromatic amines is 1. The third-order valence-electron chi connectivity index (χ3n) is 3.07. The Hall–Kier alpha value is -1.53. The molecule has 0 aliphatic heterocycles. The molecule has 5 nitrogen and oxygen atoms in total. The maximum absolute atomic E-state index is 11.9. The Kier molecular flexibility index (Phi) is 4.67. The Morgan fingerprint density at radius 1 is 1.50 bits per heavy atom. The Balaban J connectivity index is 2.10. The molecule has 108 valence electrons. The molecule has 1 aromatic carbocycles. The number of imidazole rings is 1. The number of nitrogens with one attached hydrogen (secondary N) is 2. The molecule has 0 bridgehead atoms. The van der Waals surface area contributed by atoms with Crippen LogP contribution >= 0.6 is 11.8 Å². The molecule has 0 saturated heterocycles. The maximum Gasteiger partial charge on any atom is 0.326 e. The van der Waals surface area contributed by atoms with Crippen LogP contribution in [0.2, 0.25) is 0 Å². The van der Waals surface area contributed by atoms with Crippen LogP contribution in [0.1, 0.15) is 13.8 Å². The van der Waals surface area contributed by atoms with Gasteiger partial charge in [0.25, 0.3) is 0 Å². The first kappa shape index (κ1) is 14.9. The summed E-state index contributed by atoms with van der Waals surface area (Å²) in [5.74, 6) is 0.288. The van der Waals surface area contributed by atoms with Crippen LogP contribution in [-0.4, -0.2) is 40.9 Å². The topological polar surface area (TPSA) is 67.0 Å². The summed E-state index contributed by atoms with van der Waals surface area (Å²) in [6, 6.07) is 7.86. The van der Waals surface area contributed by atoms with E-state index in [0.29, 0.717) is 12.3 Å². The van der Waals surface area contributed by atoms with Crippen molar-refractivity contribution in [2.75, 3.05) is 19.4 Å². The van der Waals surface area contributed by atoms with E-state index in [1.807, 2.05) is 38.1 Å². The molecule has 0 radical (unpaired) electrons. The fraction of sp³-hybridized carbons (Fsp3) is 0.429. The summed E-state index contributed by atoms with van der Waals surface area (Å²) in [5, 5.41) is 3.98. The highest BCUT2D eigenvalue weighted by Crippen LogP contribution is 2.23. The third-order valence-corrected chi connectivity index (χ3v) is 4.26. The number of thioether (sulfide) groups is 1. The predicted molar refractivity (Wildman–Crippen MR) is 80.9 cm³/mol. The lowest BCUT2D eigenvalue weighted by atomic mass is 10.1. The van der Waals surface area contributed by atoms with Gasteiger partial charge in [0.2, 0.25) is 0 Å². The Labute approximate surface area is 122 Å². The van der Waals surface area contributed by atoms with E-state index in [9.17, 15) is 4.79 Å². The average molecular weight is 293 g/mol. The number of rotatable bonds is 6. The lowest BCUT2D eigenvalue weighted by Crippen LogP contribution is -2.52. The first-order chi connectivity index (χ1) is 9.59. The molecule has 6 heteroatoms. The number of carbonyl (C=O) groups excluding carboxylic acids is 1. The summed E-state index contributed by atoms with van der Waals surface area (Å²) in [7, 11) is 1.41.